The van der Waals surface area contributed by atoms with E-state index in [1.807, 2.05) is 6.92 Å². The Balaban J connectivity index is 2.23. The van der Waals surface area contributed by atoms with Gasteiger partial charge in [-0.15, -0.1) is 0 Å². The summed E-state index contributed by atoms with van der Waals surface area (Å²) in [6.07, 6.45) is 1.94. The van der Waals surface area contributed by atoms with Gasteiger partial charge in [0.25, 0.3) is 0 Å². The van der Waals surface area contributed by atoms with Crippen LogP contribution in [0.1, 0.15) is 37.8 Å². The number of rotatable bonds is 9. The van der Waals surface area contributed by atoms with E-state index in [-0.39, 0.29) is 24.8 Å². The molecule has 162 valence electrons. The van der Waals surface area contributed by atoms with E-state index < -0.39 is 6.04 Å². The average Bonchev–Trinajstić information content (AvgIpc) is 2.71. The van der Waals surface area contributed by atoms with Crippen LogP contribution in [-0.4, -0.2) is 29.3 Å². The van der Waals surface area contributed by atoms with Crippen molar-refractivity contribution in [3.8, 4) is 0 Å². The standard InChI is InChI=1S/C22H24Cl4N2O2/c1-3-4-9-27-22(30)14(2)28(13-16-6-8-18(24)20(26)11-16)21(29)12-15-5-7-17(23)19(25)10-15/h5-8,10-11,14H,3-4,9,12-13H2,1-2H3,(H,27,30)/t14-/m1/s1. The number of carbonyl (C=O) groups is 2. The van der Waals surface area contributed by atoms with Gasteiger partial charge < -0.3 is 10.2 Å². The van der Waals surface area contributed by atoms with E-state index in [0.717, 1.165) is 18.4 Å². The lowest BCUT2D eigenvalue weighted by molar-refractivity contribution is -0.140. The molecule has 4 nitrogen and oxygen atoms in total. The summed E-state index contributed by atoms with van der Waals surface area (Å²) in [6, 6.07) is 9.55. The lowest BCUT2D eigenvalue weighted by atomic mass is 10.1. The van der Waals surface area contributed by atoms with Crippen molar-refractivity contribution in [1.82, 2.24) is 10.2 Å². The summed E-state index contributed by atoms with van der Waals surface area (Å²) < 4.78 is 0. The molecule has 2 amide bonds. The molecule has 8 heteroatoms. The number of carbonyl (C=O) groups excluding carboxylic acids is 2. The van der Waals surface area contributed by atoms with E-state index in [1.165, 1.54) is 4.90 Å². The number of nitrogens with zero attached hydrogens (tertiary/aromatic N) is 1. The maximum absolute atomic E-state index is 13.2. The normalized spacial score (nSPS) is 11.8. The van der Waals surface area contributed by atoms with Crippen molar-refractivity contribution in [2.45, 2.75) is 45.7 Å². The van der Waals surface area contributed by atoms with Crippen molar-refractivity contribution in [1.29, 1.82) is 0 Å². The molecule has 0 aromatic heterocycles. The number of benzene rings is 2. The molecular weight excluding hydrogens is 466 g/mol. The van der Waals surface area contributed by atoms with Gasteiger partial charge in [-0.1, -0.05) is 71.9 Å². The summed E-state index contributed by atoms with van der Waals surface area (Å²) in [7, 11) is 0. The van der Waals surface area contributed by atoms with E-state index in [2.05, 4.69) is 5.32 Å². The van der Waals surface area contributed by atoms with Gasteiger partial charge in [0.15, 0.2) is 0 Å². The van der Waals surface area contributed by atoms with E-state index in [9.17, 15) is 9.59 Å². The number of amides is 2. The van der Waals surface area contributed by atoms with Gasteiger partial charge in [-0.05, 0) is 48.7 Å². The Morgan fingerprint density at radius 1 is 0.933 bits per heavy atom. The molecular formula is C22H24Cl4N2O2. The molecule has 2 rings (SSSR count). The van der Waals surface area contributed by atoms with E-state index >= 15 is 0 Å². The van der Waals surface area contributed by atoms with Crippen molar-refractivity contribution in [2.24, 2.45) is 0 Å². The molecule has 0 aliphatic heterocycles. The highest BCUT2D eigenvalue weighted by atomic mass is 35.5. The molecule has 0 radical (unpaired) electrons. The average molecular weight is 490 g/mol. The molecule has 0 spiro atoms. The second kappa shape index (κ2) is 11.8. The largest absolute Gasteiger partial charge is 0.354 e. The summed E-state index contributed by atoms with van der Waals surface area (Å²) >= 11 is 24.2. The Kier molecular flexibility index (Phi) is 9.76. The van der Waals surface area contributed by atoms with E-state index in [1.54, 1.807) is 43.3 Å². The van der Waals surface area contributed by atoms with Crippen LogP contribution < -0.4 is 5.32 Å². The lowest BCUT2D eigenvalue weighted by Crippen LogP contribution is -2.48. The summed E-state index contributed by atoms with van der Waals surface area (Å²) in [5, 5.41) is 4.51. The highest BCUT2D eigenvalue weighted by Crippen LogP contribution is 2.25. The Morgan fingerprint density at radius 3 is 2.07 bits per heavy atom. The van der Waals surface area contributed by atoms with E-state index in [4.69, 9.17) is 46.4 Å². The molecule has 0 saturated carbocycles. The van der Waals surface area contributed by atoms with Crippen molar-refractivity contribution in [3.05, 3.63) is 67.6 Å². The van der Waals surface area contributed by atoms with Crippen molar-refractivity contribution >= 4 is 58.2 Å². The molecule has 0 saturated heterocycles. The summed E-state index contributed by atoms with van der Waals surface area (Å²) in [5.74, 6) is -0.413. The number of halogens is 4. The molecule has 0 fully saturated rings. The van der Waals surface area contributed by atoms with Gasteiger partial charge in [0.2, 0.25) is 11.8 Å². The van der Waals surface area contributed by atoms with Crippen molar-refractivity contribution < 1.29 is 9.59 Å². The molecule has 1 atom stereocenters. The second-order valence-corrected chi connectivity index (χ2v) is 8.64. The molecule has 0 aliphatic carbocycles. The van der Waals surface area contributed by atoms with Crippen LogP contribution in [0, 0.1) is 0 Å². The Labute approximate surface area is 197 Å². The predicted molar refractivity (Wildman–Crippen MR) is 125 cm³/mol. The predicted octanol–water partition coefficient (Wildman–Crippen LogP) is 6.18. The van der Waals surface area contributed by atoms with Crippen LogP contribution in [-0.2, 0) is 22.6 Å². The molecule has 0 aliphatic rings. The molecule has 30 heavy (non-hydrogen) atoms. The zero-order valence-electron chi connectivity index (χ0n) is 16.9. The van der Waals surface area contributed by atoms with Crippen LogP contribution in [0.25, 0.3) is 0 Å². The highest BCUT2D eigenvalue weighted by molar-refractivity contribution is 6.42. The lowest BCUT2D eigenvalue weighted by Gasteiger charge is -2.29. The number of nitrogens with one attached hydrogen (secondary N) is 1. The third kappa shape index (κ3) is 7.05. The summed E-state index contributed by atoms with van der Waals surface area (Å²) in [6.45, 7) is 4.55. The quantitative estimate of drug-likeness (QED) is 0.427. The van der Waals surface area contributed by atoms with Gasteiger partial charge >= 0.3 is 0 Å². The first kappa shape index (κ1) is 24.8. The fraction of sp³-hybridized carbons (Fsp3) is 0.364. The minimum atomic E-state index is -0.661. The topological polar surface area (TPSA) is 49.4 Å². The van der Waals surface area contributed by atoms with Crippen molar-refractivity contribution in [3.63, 3.8) is 0 Å². The van der Waals surface area contributed by atoms with E-state index in [0.29, 0.717) is 32.2 Å². The van der Waals surface area contributed by atoms with Gasteiger partial charge in [-0.3, -0.25) is 9.59 Å². The monoisotopic (exact) mass is 488 g/mol. The second-order valence-electron chi connectivity index (χ2n) is 7.02. The zero-order valence-corrected chi connectivity index (χ0v) is 19.9. The van der Waals surface area contributed by atoms with Crippen molar-refractivity contribution in [2.75, 3.05) is 6.54 Å². The molecule has 0 heterocycles. The molecule has 1 N–H and O–H groups in total. The Morgan fingerprint density at radius 2 is 1.50 bits per heavy atom. The maximum atomic E-state index is 13.2. The van der Waals surface area contributed by atoms with Crippen LogP contribution in [0.4, 0.5) is 0 Å². The number of unbranched alkanes of at least 4 members (excludes halogenated alkanes) is 1. The number of hydrogen-bond acceptors (Lipinski definition) is 2. The van der Waals surface area contributed by atoms with Crippen LogP contribution >= 0.6 is 46.4 Å². The first-order chi connectivity index (χ1) is 14.2. The molecule has 0 unspecified atom stereocenters. The third-order valence-corrected chi connectivity index (χ3v) is 6.15. The smallest absolute Gasteiger partial charge is 0.242 e. The fourth-order valence-electron chi connectivity index (χ4n) is 2.88. The highest BCUT2D eigenvalue weighted by Gasteiger charge is 2.26. The van der Waals surface area contributed by atoms with Gasteiger partial charge in [-0.2, -0.15) is 0 Å². The van der Waals surface area contributed by atoms with Gasteiger partial charge in [0.05, 0.1) is 26.5 Å². The Bertz CT molecular complexity index is 905. The van der Waals surface area contributed by atoms with Crippen LogP contribution in [0.15, 0.2) is 36.4 Å². The summed E-state index contributed by atoms with van der Waals surface area (Å²) in [4.78, 5) is 27.3. The molecule has 2 aromatic carbocycles. The fourth-order valence-corrected chi connectivity index (χ4v) is 3.52. The molecule has 2 aromatic rings. The Hall–Kier alpha value is -1.46. The third-order valence-electron chi connectivity index (χ3n) is 4.67. The minimum absolute atomic E-state index is 0.0881. The summed E-state index contributed by atoms with van der Waals surface area (Å²) in [5.41, 5.74) is 1.49. The zero-order chi connectivity index (χ0) is 22.3. The van der Waals surface area contributed by atoms with Gasteiger partial charge in [0, 0.05) is 13.1 Å². The maximum Gasteiger partial charge on any atom is 0.242 e. The van der Waals surface area contributed by atoms with Crippen LogP contribution in [0.2, 0.25) is 20.1 Å². The SMILES string of the molecule is CCCCNC(=O)[C@@H](C)N(Cc1ccc(Cl)c(Cl)c1)C(=O)Cc1ccc(Cl)c(Cl)c1. The minimum Gasteiger partial charge on any atom is -0.354 e. The van der Waals surface area contributed by atoms with Crippen LogP contribution in [0.3, 0.4) is 0 Å². The first-order valence-electron chi connectivity index (χ1n) is 9.68. The number of hydrogen-bond donors (Lipinski definition) is 1. The van der Waals surface area contributed by atoms with Crippen LogP contribution in [0.5, 0.6) is 0 Å². The van der Waals surface area contributed by atoms with Gasteiger partial charge in [0.1, 0.15) is 6.04 Å². The van der Waals surface area contributed by atoms with Gasteiger partial charge in [-0.25, -0.2) is 0 Å². The molecule has 0 bridgehead atoms. The first-order valence-corrected chi connectivity index (χ1v) is 11.2.